The largest absolute Gasteiger partial charge is 0.295 e. The molecule has 0 amide bonds. The molecule has 7 heteroatoms. The molecule has 80 valence electrons. The topological polar surface area (TPSA) is 77.0 Å². The van der Waals surface area contributed by atoms with Crippen molar-refractivity contribution in [2.24, 2.45) is 0 Å². The van der Waals surface area contributed by atoms with Crippen LogP contribution in [0.25, 0.3) is 0 Å². The lowest BCUT2D eigenvalue weighted by Crippen LogP contribution is -2.03. The first-order valence-electron chi connectivity index (χ1n) is 3.83. The first-order valence-corrected chi connectivity index (χ1v) is 5.75. The Morgan fingerprint density at radius 3 is 2.40 bits per heavy atom. The van der Waals surface area contributed by atoms with E-state index in [1.165, 1.54) is 19.3 Å². The molecule has 1 aromatic rings. The highest BCUT2D eigenvalue weighted by Crippen LogP contribution is 2.09. The number of halogens is 1. The molecule has 15 heavy (non-hydrogen) atoms. The summed E-state index contributed by atoms with van der Waals surface area (Å²) in [4.78, 5) is 17.6. The summed E-state index contributed by atoms with van der Waals surface area (Å²) >= 11 is 5.50. The van der Waals surface area contributed by atoms with Crippen LogP contribution in [0.5, 0.6) is 0 Å². The van der Waals surface area contributed by atoms with E-state index in [0.717, 1.165) is 11.5 Å². The van der Waals surface area contributed by atoms with E-state index >= 15 is 0 Å². The zero-order valence-electron chi connectivity index (χ0n) is 7.71. The van der Waals surface area contributed by atoms with Gasteiger partial charge >= 0.3 is 0 Å². The van der Waals surface area contributed by atoms with Crippen LogP contribution < -0.4 is 0 Å². The Bertz CT molecular complexity index is 493. The average molecular weight is 247 g/mol. The fraction of sp³-hybridized carbons (Fsp3) is 0.125. The third kappa shape index (κ3) is 3.41. The summed E-state index contributed by atoms with van der Waals surface area (Å²) in [5.41, 5.74) is 0. The number of aromatic nitrogens is 2. The summed E-state index contributed by atoms with van der Waals surface area (Å²) < 4.78 is 22.9. The lowest BCUT2D eigenvalue weighted by atomic mass is 10.5. The number of carbonyl (C=O) groups is 1. The zero-order valence-corrected chi connectivity index (χ0v) is 9.29. The van der Waals surface area contributed by atoms with Crippen molar-refractivity contribution >= 4 is 27.2 Å². The maximum Gasteiger partial charge on any atom is 0.251 e. The molecule has 0 unspecified atom stereocenters. The molecular weight excluding hydrogens is 240 g/mol. The second kappa shape index (κ2) is 4.50. The Balaban J connectivity index is 3.07. The van der Waals surface area contributed by atoms with Crippen LogP contribution in [-0.4, -0.2) is 24.2 Å². The summed E-state index contributed by atoms with van der Waals surface area (Å²) in [7, 11) is -3.75. The second-order valence-corrected chi connectivity index (χ2v) is 4.81. The molecule has 0 bridgehead atoms. The van der Waals surface area contributed by atoms with Crippen molar-refractivity contribution in [1.82, 2.24) is 9.97 Å². The zero-order chi connectivity index (χ0) is 11.5. The Labute approximate surface area is 91.7 Å². The van der Waals surface area contributed by atoms with Crippen LogP contribution in [-0.2, 0) is 14.6 Å². The third-order valence-corrected chi connectivity index (χ3v) is 2.74. The molecule has 0 saturated carbocycles. The van der Waals surface area contributed by atoms with Crippen LogP contribution in [0.1, 0.15) is 6.92 Å². The quantitative estimate of drug-likeness (QED) is 0.588. The van der Waals surface area contributed by atoms with Crippen molar-refractivity contribution in [3.05, 3.63) is 28.9 Å². The second-order valence-electron chi connectivity index (χ2n) is 2.64. The third-order valence-electron chi connectivity index (χ3n) is 1.33. The van der Waals surface area contributed by atoms with Crippen LogP contribution in [0.3, 0.4) is 0 Å². The van der Waals surface area contributed by atoms with Gasteiger partial charge in [0.05, 0.1) is 17.4 Å². The van der Waals surface area contributed by atoms with Crippen molar-refractivity contribution in [2.45, 2.75) is 12.1 Å². The standard InChI is InChI=1S/C8H7ClN2O3S/c1-6(12)2-3-15(13,14)8-10-4-7(9)5-11-8/h2-5H,1H3. The van der Waals surface area contributed by atoms with Crippen molar-refractivity contribution in [1.29, 1.82) is 0 Å². The average Bonchev–Trinajstić information content (AvgIpc) is 2.16. The lowest BCUT2D eigenvalue weighted by Gasteiger charge is -1.95. The Morgan fingerprint density at radius 1 is 1.40 bits per heavy atom. The van der Waals surface area contributed by atoms with E-state index in [0.29, 0.717) is 0 Å². The van der Waals surface area contributed by atoms with Gasteiger partial charge in [-0.2, -0.15) is 0 Å². The molecule has 1 heterocycles. The van der Waals surface area contributed by atoms with E-state index in [-0.39, 0.29) is 16.0 Å². The monoisotopic (exact) mass is 246 g/mol. The molecule has 0 radical (unpaired) electrons. The van der Waals surface area contributed by atoms with Gasteiger partial charge in [0.15, 0.2) is 5.78 Å². The number of ketones is 1. The summed E-state index contributed by atoms with van der Waals surface area (Å²) in [6, 6.07) is 0. The van der Waals surface area contributed by atoms with Gasteiger partial charge in [-0.05, 0) is 13.0 Å². The van der Waals surface area contributed by atoms with Crippen LogP contribution in [0.2, 0.25) is 5.02 Å². The van der Waals surface area contributed by atoms with Gasteiger partial charge in [0.2, 0.25) is 9.84 Å². The summed E-state index contributed by atoms with van der Waals surface area (Å²) in [6.45, 7) is 1.24. The molecule has 0 atom stereocenters. The van der Waals surface area contributed by atoms with E-state index in [1.807, 2.05) is 0 Å². The number of allylic oxidation sites excluding steroid dienone is 1. The van der Waals surface area contributed by atoms with E-state index in [2.05, 4.69) is 9.97 Å². The Kier molecular flexibility index (Phi) is 3.54. The molecule has 0 fully saturated rings. The van der Waals surface area contributed by atoms with Crippen LogP contribution in [0.15, 0.2) is 29.0 Å². The summed E-state index contributed by atoms with van der Waals surface area (Å²) in [5.74, 6) is -0.368. The summed E-state index contributed by atoms with van der Waals surface area (Å²) in [5, 5.41) is 0.618. The lowest BCUT2D eigenvalue weighted by molar-refractivity contribution is -0.112. The number of hydrogen-bond acceptors (Lipinski definition) is 5. The minimum absolute atomic E-state index is 0.240. The first-order chi connectivity index (χ1) is 6.92. The molecule has 5 nitrogen and oxygen atoms in total. The minimum Gasteiger partial charge on any atom is -0.295 e. The summed E-state index contributed by atoms with van der Waals surface area (Å²) in [6.07, 6.45) is 3.28. The Morgan fingerprint density at radius 2 is 1.93 bits per heavy atom. The Hall–Kier alpha value is -1.27. The highest BCUT2D eigenvalue weighted by Gasteiger charge is 2.13. The van der Waals surface area contributed by atoms with Gasteiger partial charge in [-0.1, -0.05) is 11.6 Å². The van der Waals surface area contributed by atoms with Crippen LogP contribution >= 0.6 is 11.6 Å². The fourth-order valence-electron chi connectivity index (χ4n) is 0.694. The SMILES string of the molecule is CC(=O)C=CS(=O)(=O)c1ncc(Cl)cn1. The van der Waals surface area contributed by atoms with Crippen molar-refractivity contribution in [2.75, 3.05) is 0 Å². The van der Waals surface area contributed by atoms with Gasteiger partial charge in [0.1, 0.15) is 0 Å². The number of nitrogens with zero attached hydrogens (tertiary/aromatic N) is 2. The van der Waals surface area contributed by atoms with Crippen LogP contribution in [0.4, 0.5) is 0 Å². The number of carbonyl (C=O) groups excluding carboxylic acids is 1. The van der Waals surface area contributed by atoms with E-state index in [9.17, 15) is 13.2 Å². The van der Waals surface area contributed by atoms with Gasteiger partial charge in [0.25, 0.3) is 5.16 Å². The smallest absolute Gasteiger partial charge is 0.251 e. The van der Waals surface area contributed by atoms with Crippen molar-refractivity contribution in [3.8, 4) is 0 Å². The van der Waals surface area contributed by atoms with E-state index < -0.39 is 9.84 Å². The molecule has 0 spiro atoms. The molecule has 0 aromatic carbocycles. The normalized spacial score (nSPS) is 11.9. The van der Waals surface area contributed by atoms with Gasteiger partial charge in [-0.15, -0.1) is 0 Å². The van der Waals surface area contributed by atoms with Gasteiger partial charge in [-0.3, -0.25) is 4.79 Å². The number of sulfone groups is 1. The molecular formula is C8H7ClN2O3S. The predicted molar refractivity (Wildman–Crippen MR) is 54.0 cm³/mol. The van der Waals surface area contributed by atoms with Gasteiger partial charge < -0.3 is 0 Å². The fourth-order valence-corrected chi connectivity index (χ4v) is 1.68. The molecule has 0 saturated heterocycles. The number of rotatable bonds is 3. The highest BCUT2D eigenvalue weighted by molar-refractivity contribution is 7.94. The predicted octanol–water partition coefficient (Wildman–Crippen LogP) is 1.01. The molecule has 1 rings (SSSR count). The molecule has 0 aliphatic heterocycles. The van der Waals surface area contributed by atoms with Crippen molar-refractivity contribution in [3.63, 3.8) is 0 Å². The van der Waals surface area contributed by atoms with E-state index in [4.69, 9.17) is 11.6 Å². The highest BCUT2D eigenvalue weighted by atomic mass is 35.5. The molecule has 1 aromatic heterocycles. The number of hydrogen-bond donors (Lipinski definition) is 0. The molecule has 0 aliphatic rings. The molecule has 0 aliphatic carbocycles. The van der Waals surface area contributed by atoms with E-state index in [1.54, 1.807) is 0 Å². The molecule has 0 N–H and O–H groups in total. The van der Waals surface area contributed by atoms with Gasteiger partial charge in [0, 0.05) is 5.41 Å². The minimum atomic E-state index is -3.75. The van der Waals surface area contributed by atoms with Gasteiger partial charge in [-0.25, -0.2) is 18.4 Å². The van der Waals surface area contributed by atoms with Crippen LogP contribution in [0, 0.1) is 0 Å². The maximum atomic E-state index is 11.4. The van der Waals surface area contributed by atoms with Crippen molar-refractivity contribution < 1.29 is 13.2 Å². The first kappa shape index (κ1) is 11.8. The maximum absolute atomic E-state index is 11.4.